The zero-order valence-electron chi connectivity index (χ0n) is 24.8. The third kappa shape index (κ3) is 5.94. The van der Waals surface area contributed by atoms with Crippen molar-refractivity contribution in [3.63, 3.8) is 0 Å². The summed E-state index contributed by atoms with van der Waals surface area (Å²) in [6, 6.07) is 21.6. The van der Waals surface area contributed by atoms with Crippen LogP contribution in [0.1, 0.15) is 33.1 Å². The third-order valence-corrected chi connectivity index (χ3v) is 8.50. The molecule has 6 rings (SSSR count). The number of rotatable bonds is 11. The van der Waals surface area contributed by atoms with Crippen molar-refractivity contribution < 1.29 is 34.1 Å². The maximum atomic E-state index is 14.0. The van der Waals surface area contributed by atoms with E-state index in [1.54, 1.807) is 17.0 Å². The van der Waals surface area contributed by atoms with Crippen LogP contribution in [0.15, 0.2) is 84.4 Å². The Morgan fingerprint density at radius 3 is 2.60 bits per heavy atom. The van der Waals surface area contributed by atoms with Crippen molar-refractivity contribution in [2.45, 2.75) is 37.0 Å². The number of hydrogen-bond acceptors (Lipinski definition) is 7. The maximum Gasteiger partial charge on any atom is 0.247 e. The SMILES string of the molecule is COc1cc(C=O)cc2c1O[C@@H]1[C@@H](O)[C@H](N(CCc3cc4ccccc4[nH]3)C(=O)Cc3ccccc3)C=C(C(=O)NCCO)[C@H]21. The predicted molar refractivity (Wildman–Crippen MR) is 167 cm³/mol. The van der Waals surface area contributed by atoms with Gasteiger partial charge in [0.05, 0.1) is 32.1 Å². The van der Waals surface area contributed by atoms with Gasteiger partial charge in [-0.15, -0.1) is 0 Å². The van der Waals surface area contributed by atoms with Crippen LogP contribution in [0.2, 0.25) is 0 Å². The summed E-state index contributed by atoms with van der Waals surface area (Å²) in [6.07, 6.45) is 0.725. The fourth-order valence-corrected chi connectivity index (χ4v) is 6.38. The molecular weight excluding hydrogens is 574 g/mol. The highest BCUT2D eigenvalue weighted by molar-refractivity contribution is 5.96. The number of carbonyl (C=O) groups excluding carboxylic acids is 3. The Kier molecular flexibility index (Phi) is 8.68. The molecule has 232 valence electrons. The Bertz CT molecular complexity index is 1720. The second-order valence-electron chi connectivity index (χ2n) is 11.3. The highest BCUT2D eigenvalue weighted by Crippen LogP contribution is 2.51. The van der Waals surface area contributed by atoms with E-state index in [-0.39, 0.29) is 37.6 Å². The topological polar surface area (TPSA) is 141 Å². The van der Waals surface area contributed by atoms with E-state index in [4.69, 9.17) is 9.47 Å². The molecule has 45 heavy (non-hydrogen) atoms. The first-order valence-electron chi connectivity index (χ1n) is 14.9. The van der Waals surface area contributed by atoms with Gasteiger partial charge >= 0.3 is 0 Å². The predicted octanol–water partition coefficient (Wildman–Crippen LogP) is 2.93. The summed E-state index contributed by atoms with van der Waals surface area (Å²) in [6.45, 7) is 0.00991. The van der Waals surface area contributed by atoms with Gasteiger partial charge in [0, 0.05) is 47.4 Å². The van der Waals surface area contributed by atoms with Gasteiger partial charge in [0.15, 0.2) is 11.5 Å². The number of aromatic nitrogens is 1. The Hall–Kier alpha value is -4.93. The second kappa shape index (κ2) is 13.0. The molecule has 4 atom stereocenters. The number of aromatic amines is 1. The van der Waals surface area contributed by atoms with E-state index in [1.165, 1.54) is 13.2 Å². The van der Waals surface area contributed by atoms with Crippen LogP contribution >= 0.6 is 0 Å². The molecule has 3 aromatic carbocycles. The molecule has 1 aliphatic heterocycles. The monoisotopic (exact) mass is 609 g/mol. The minimum absolute atomic E-state index is 0.0171. The minimum Gasteiger partial charge on any atom is -0.493 e. The largest absolute Gasteiger partial charge is 0.493 e. The third-order valence-electron chi connectivity index (χ3n) is 8.50. The van der Waals surface area contributed by atoms with Crippen molar-refractivity contribution in [2.75, 3.05) is 26.8 Å². The van der Waals surface area contributed by atoms with E-state index in [2.05, 4.69) is 10.3 Å². The van der Waals surface area contributed by atoms with Gasteiger partial charge in [0.25, 0.3) is 0 Å². The van der Waals surface area contributed by atoms with Crippen LogP contribution in [0, 0.1) is 0 Å². The molecule has 2 heterocycles. The van der Waals surface area contributed by atoms with Crippen LogP contribution in [0.25, 0.3) is 10.9 Å². The van der Waals surface area contributed by atoms with Gasteiger partial charge in [-0.2, -0.15) is 0 Å². The van der Waals surface area contributed by atoms with E-state index in [0.29, 0.717) is 35.3 Å². The Balaban J connectivity index is 1.40. The molecule has 0 saturated heterocycles. The van der Waals surface area contributed by atoms with Crippen LogP contribution in [-0.4, -0.2) is 83.3 Å². The zero-order chi connectivity index (χ0) is 31.5. The Morgan fingerprint density at radius 1 is 1.09 bits per heavy atom. The van der Waals surface area contributed by atoms with E-state index in [0.717, 1.165) is 22.2 Å². The second-order valence-corrected chi connectivity index (χ2v) is 11.3. The van der Waals surface area contributed by atoms with Gasteiger partial charge in [0.1, 0.15) is 18.5 Å². The lowest BCUT2D eigenvalue weighted by Crippen LogP contribution is -2.56. The van der Waals surface area contributed by atoms with Gasteiger partial charge in [-0.25, -0.2) is 0 Å². The average Bonchev–Trinajstić information content (AvgIpc) is 3.66. The smallest absolute Gasteiger partial charge is 0.247 e. The number of fused-ring (bicyclic) bond motifs is 4. The lowest BCUT2D eigenvalue weighted by atomic mass is 9.77. The number of ether oxygens (including phenoxy) is 2. The van der Waals surface area contributed by atoms with Gasteiger partial charge in [-0.05, 0) is 41.3 Å². The molecule has 0 saturated carbocycles. The average molecular weight is 610 g/mol. The number of aliphatic hydroxyl groups is 2. The van der Waals surface area contributed by atoms with Gasteiger partial charge in [-0.3, -0.25) is 14.4 Å². The van der Waals surface area contributed by atoms with Crippen LogP contribution in [-0.2, 0) is 22.4 Å². The number of hydrogen-bond donors (Lipinski definition) is 4. The lowest BCUT2D eigenvalue weighted by molar-refractivity contribution is -0.136. The molecule has 0 fully saturated rings. The molecule has 1 aromatic heterocycles. The first-order chi connectivity index (χ1) is 21.9. The summed E-state index contributed by atoms with van der Waals surface area (Å²) in [5.74, 6) is -0.785. The first kappa shape index (κ1) is 30.1. The summed E-state index contributed by atoms with van der Waals surface area (Å²) in [5.41, 5.74) is 3.87. The molecule has 2 aliphatic rings. The number of methoxy groups -OCH3 is 1. The molecular formula is C35H35N3O7. The molecule has 0 spiro atoms. The van der Waals surface area contributed by atoms with Gasteiger partial charge in [-0.1, -0.05) is 48.5 Å². The van der Waals surface area contributed by atoms with E-state index in [9.17, 15) is 24.6 Å². The van der Waals surface area contributed by atoms with Crippen molar-refractivity contribution in [2.24, 2.45) is 0 Å². The number of H-pyrrole nitrogens is 1. The van der Waals surface area contributed by atoms with E-state index in [1.807, 2.05) is 60.7 Å². The number of benzene rings is 3. The molecule has 4 aromatic rings. The first-order valence-corrected chi connectivity index (χ1v) is 14.9. The molecule has 0 radical (unpaired) electrons. The van der Waals surface area contributed by atoms with E-state index < -0.39 is 30.1 Å². The molecule has 1 aliphatic carbocycles. The van der Waals surface area contributed by atoms with Crippen molar-refractivity contribution in [1.29, 1.82) is 0 Å². The van der Waals surface area contributed by atoms with Crippen LogP contribution in [0.4, 0.5) is 0 Å². The van der Waals surface area contributed by atoms with Crippen LogP contribution < -0.4 is 14.8 Å². The van der Waals surface area contributed by atoms with Crippen LogP contribution in [0.5, 0.6) is 11.5 Å². The highest BCUT2D eigenvalue weighted by atomic mass is 16.5. The Labute approximate surface area is 260 Å². The summed E-state index contributed by atoms with van der Waals surface area (Å²) in [7, 11) is 1.45. The van der Waals surface area contributed by atoms with Crippen molar-refractivity contribution in [3.05, 3.63) is 107 Å². The summed E-state index contributed by atoms with van der Waals surface area (Å²) >= 11 is 0. The number of para-hydroxylation sites is 1. The number of amides is 2. The number of nitrogens with zero attached hydrogens (tertiary/aromatic N) is 1. The number of carbonyl (C=O) groups is 3. The normalized spacial score (nSPS) is 20.0. The fraction of sp³-hybridized carbons (Fsp3) is 0.286. The molecule has 10 nitrogen and oxygen atoms in total. The van der Waals surface area contributed by atoms with Crippen LogP contribution in [0.3, 0.4) is 0 Å². The van der Waals surface area contributed by atoms with Gasteiger partial charge in [0.2, 0.25) is 11.8 Å². The van der Waals surface area contributed by atoms with Crippen molar-refractivity contribution in [1.82, 2.24) is 15.2 Å². The zero-order valence-corrected chi connectivity index (χ0v) is 24.8. The number of aldehydes is 1. The summed E-state index contributed by atoms with van der Waals surface area (Å²) < 4.78 is 11.8. The molecule has 4 N–H and O–H groups in total. The highest BCUT2D eigenvalue weighted by Gasteiger charge is 2.51. The molecule has 0 unspecified atom stereocenters. The minimum atomic E-state index is -1.22. The lowest BCUT2D eigenvalue weighted by Gasteiger charge is -2.40. The molecule has 0 bridgehead atoms. The van der Waals surface area contributed by atoms with Crippen molar-refractivity contribution in [3.8, 4) is 11.5 Å². The van der Waals surface area contributed by atoms with E-state index >= 15 is 0 Å². The number of aliphatic hydroxyl groups excluding tert-OH is 2. The quantitative estimate of drug-likeness (QED) is 0.192. The van der Waals surface area contributed by atoms with Crippen molar-refractivity contribution >= 4 is 29.0 Å². The summed E-state index contributed by atoms with van der Waals surface area (Å²) in [4.78, 5) is 44.4. The maximum absolute atomic E-state index is 14.0. The Morgan fingerprint density at radius 2 is 1.87 bits per heavy atom. The summed E-state index contributed by atoms with van der Waals surface area (Å²) in [5, 5.41) is 25.1. The molecule has 2 amide bonds. The fourth-order valence-electron chi connectivity index (χ4n) is 6.38. The molecule has 10 heteroatoms. The standard InChI is InChI=1S/C35H35N3O7/c1-44-29-16-22(20-40)15-25-31-26(35(43)36-12-14-39)19-28(32(42)34(31)45-33(25)29)38(30(41)17-21-7-3-2-4-8-21)13-11-24-18-23-9-5-6-10-27(23)37-24/h2-10,15-16,18-20,28,31-32,34,37,39,42H,11-14,17H2,1H3,(H,36,43)/t28-,31+,32+,34+/m1/s1. The number of nitrogens with one attached hydrogen (secondary N) is 2. The van der Waals surface area contributed by atoms with Gasteiger partial charge < -0.3 is 34.9 Å².